The highest BCUT2D eigenvalue weighted by molar-refractivity contribution is 6.42. The predicted molar refractivity (Wildman–Crippen MR) is 84.3 cm³/mol. The van der Waals surface area contributed by atoms with Crippen LogP contribution in [0.25, 0.3) is 0 Å². The van der Waals surface area contributed by atoms with Gasteiger partial charge in [-0.05, 0) is 30.0 Å². The van der Waals surface area contributed by atoms with Gasteiger partial charge in [0.2, 0.25) is 5.91 Å². The number of carboxylic acid groups (broad SMARTS) is 1. The van der Waals surface area contributed by atoms with Crippen molar-refractivity contribution in [1.82, 2.24) is 5.06 Å². The normalized spacial score (nSPS) is 12.3. The molecule has 1 rings (SSSR count). The van der Waals surface area contributed by atoms with Gasteiger partial charge in [-0.2, -0.15) is 0 Å². The zero-order valence-corrected chi connectivity index (χ0v) is 13.9. The van der Waals surface area contributed by atoms with Crippen LogP contribution in [0.3, 0.4) is 0 Å². The zero-order valence-electron chi connectivity index (χ0n) is 12.4. The van der Waals surface area contributed by atoms with Gasteiger partial charge in [0.05, 0.1) is 10.0 Å². The van der Waals surface area contributed by atoms with Crippen molar-refractivity contribution in [3.8, 4) is 0 Å². The Kier molecular flexibility index (Phi) is 7.13. The van der Waals surface area contributed by atoms with E-state index < -0.39 is 17.9 Å². The summed E-state index contributed by atoms with van der Waals surface area (Å²) >= 11 is 11.7. The molecule has 0 unspecified atom stereocenters. The summed E-state index contributed by atoms with van der Waals surface area (Å²) in [4.78, 5) is 23.2. The molecule has 0 spiro atoms. The first-order chi connectivity index (χ1) is 10.2. The fourth-order valence-corrected chi connectivity index (χ4v) is 2.19. The summed E-state index contributed by atoms with van der Waals surface area (Å²) in [5, 5.41) is 20.1. The molecule has 0 fully saturated rings. The third-order valence-electron chi connectivity index (χ3n) is 3.18. The molecule has 0 aliphatic heterocycles. The van der Waals surface area contributed by atoms with Crippen LogP contribution in [-0.4, -0.2) is 33.3 Å². The maximum atomic E-state index is 11.9. The Bertz CT molecular complexity index is 548. The van der Waals surface area contributed by atoms with Gasteiger partial charge in [0, 0.05) is 12.8 Å². The van der Waals surface area contributed by atoms with E-state index >= 15 is 0 Å². The van der Waals surface area contributed by atoms with Gasteiger partial charge in [0.25, 0.3) is 0 Å². The molecule has 1 aromatic rings. The van der Waals surface area contributed by atoms with Gasteiger partial charge in [0.15, 0.2) is 6.04 Å². The Morgan fingerprint density at radius 1 is 1.23 bits per heavy atom. The van der Waals surface area contributed by atoms with E-state index in [4.69, 9.17) is 23.2 Å². The molecule has 22 heavy (non-hydrogen) atoms. The first kappa shape index (κ1) is 18.7. The van der Waals surface area contributed by atoms with E-state index in [2.05, 4.69) is 0 Å². The predicted octanol–water partition coefficient (Wildman–Crippen LogP) is 3.64. The average molecular weight is 348 g/mol. The topological polar surface area (TPSA) is 77.8 Å². The summed E-state index contributed by atoms with van der Waals surface area (Å²) in [5.74, 6) is -1.61. The van der Waals surface area contributed by atoms with Crippen LogP contribution in [0, 0.1) is 5.92 Å². The molecule has 7 heteroatoms. The standard InChI is InChI=1S/C15H19Cl2NO4/c1-9(2)3-6-14(19)18(22)13(15(20)21)8-10-4-5-11(16)12(17)7-10/h4-5,7,9,13,22H,3,6,8H2,1-2H3,(H,20,21)/t13-/m0/s1. The van der Waals surface area contributed by atoms with Crippen molar-refractivity contribution in [2.45, 2.75) is 39.2 Å². The number of benzene rings is 1. The van der Waals surface area contributed by atoms with Crippen LogP contribution in [0.15, 0.2) is 18.2 Å². The Hall–Kier alpha value is -1.30. The molecule has 0 saturated heterocycles. The Labute approximate surface area is 139 Å². The van der Waals surface area contributed by atoms with Gasteiger partial charge in [-0.3, -0.25) is 10.0 Å². The number of hydroxylamine groups is 2. The van der Waals surface area contributed by atoms with Gasteiger partial charge < -0.3 is 5.11 Å². The fourth-order valence-electron chi connectivity index (χ4n) is 1.87. The van der Waals surface area contributed by atoms with Crippen LogP contribution in [0.1, 0.15) is 32.3 Å². The minimum Gasteiger partial charge on any atom is -0.480 e. The van der Waals surface area contributed by atoms with Crippen molar-refractivity contribution < 1.29 is 19.9 Å². The van der Waals surface area contributed by atoms with Gasteiger partial charge in [-0.25, -0.2) is 9.86 Å². The first-order valence-electron chi connectivity index (χ1n) is 6.90. The smallest absolute Gasteiger partial charge is 0.329 e. The van der Waals surface area contributed by atoms with Gasteiger partial charge in [-0.1, -0.05) is 43.1 Å². The molecule has 0 aliphatic rings. The molecule has 122 valence electrons. The SMILES string of the molecule is CC(C)CCC(=O)N(O)[C@@H](Cc1ccc(Cl)c(Cl)c1)C(=O)O. The highest BCUT2D eigenvalue weighted by Crippen LogP contribution is 2.24. The second-order valence-electron chi connectivity index (χ2n) is 5.48. The van der Waals surface area contributed by atoms with Crippen molar-refractivity contribution in [3.05, 3.63) is 33.8 Å². The summed E-state index contributed by atoms with van der Waals surface area (Å²) < 4.78 is 0. The molecular weight excluding hydrogens is 329 g/mol. The average Bonchev–Trinajstić information content (AvgIpc) is 2.44. The number of carboxylic acids is 1. The molecule has 2 N–H and O–H groups in total. The number of carbonyl (C=O) groups excluding carboxylic acids is 1. The summed E-state index contributed by atoms with van der Waals surface area (Å²) in [6, 6.07) is 3.31. The van der Waals surface area contributed by atoms with Crippen LogP contribution in [0.2, 0.25) is 10.0 Å². The Morgan fingerprint density at radius 2 is 1.86 bits per heavy atom. The maximum absolute atomic E-state index is 11.9. The van der Waals surface area contributed by atoms with Crippen LogP contribution < -0.4 is 0 Å². The van der Waals surface area contributed by atoms with Gasteiger partial charge in [-0.15, -0.1) is 0 Å². The first-order valence-corrected chi connectivity index (χ1v) is 7.65. The molecule has 5 nitrogen and oxygen atoms in total. The van der Waals surface area contributed by atoms with Crippen LogP contribution in [0.5, 0.6) is 0 Å². The lowest BCUT2D eigenvalue weighted by atomic mass is 10.0. The molecule has 0 aliphatic carbocycles. The number of rotatable bonds is 7. The van der Waals surface area contributed by atoms with E-state index in [-0.39, 0.29) is 18.8 Å². The molecule has 0 bridgehead atoms. The number of amides is 1. The molecule has 0 saturated carbocycles. The van der Waals surface area contributed by atoms with Crippen molar-refractivity contribution in [2.24, 2.45) is 5.92 Å². The number of halogens is 2. The van der Waals surface area contributed by atoms with Crippen LogP contribution >= 0.6 is 23.2 Å². The number of nitrogens with zero attached hydrogens (tertiary/aromatic N) is 1. The van der Waals surface area contributed by atoms with E-state index in [1.807, 2.05) is 13.8 Å². The van der Waals surface area contributed by atoms with E-state index in [1.165, 1.54) is 6.07 Å². The van der Waals surface area contributed by atoms with Gasteiger partial charge >= 0.3 is 5.97 Å². The molecule has 0 heterocycles. The highest BCUT2D eigenvalue weighted by atomic mass is 35.5. The van der Waals surface area contributed by atoms with Crippen LogP contribution in [-0.2, 0) is 16.0 Å². The third kappa shape index (κ3) is 5.48. The number of hydrogen-bond acceptors (Lipinski definition) is 3. The number of carbonyl (C=O) groups is 2. The second-order valence-corrected chi connectivity index (χ2v) is 6.29. The van der Waals surface area contributed by atoms with Gasteiger partial charge in [0.1, 0.15) is 0 Å². The largest absolute Gasteiger partial charge is 0.480 e. The molecule has 0 radical (unpaired) electrons. The molecule has 1 atom stereocenters. The minimum atomic E-state index is -1.36. The summed E-state index contributed by atoms with van der Waals surface area (Å²) in [5.41, 5.74) is 0.567. The van der Waals surface area contributed by atoms with Crippen molar-refractivity contribution >= 4 is 35.1 Å². The van der Waals surface area contributed by atoms with Crippen LogP contribution in [0.4, 0.5) is 0 Å². The van der Waals surface area contributed by atoms with E-state index in [0.717, 1.165) is 0 Å². The van der Waals surface area contributed by atoms with E-state index in [1.54, 1.807) is 12.1 Å². The van der Waals surface area contributed by atoms with E-state index in [0.29, 0.717) is 27.1 Å². The summed E-state index contributed by atoms with van der Waals surface area (Å²) in [6.45, 7) is 3.89. The monoisotopic (exact) mass is 347 g/mol. The molecule has 1 aromatic carbocycles. The number of hydrogen-bond donors (Lipinski definition) is 2. The van der Waals surface area contributed by atoms with Crippen molar-refractivity contribution in [2.75, 3.05) is 0 Å². The third-order valence-corrected chi connectivity index (χ3v) is 3.92. The minimum absolute atomic E-state index is 0.0594. The molecular formula is C15H19Cl2NO4. The maximum Gasteiger partial charge on any atom is 0.329 e. The van der Waals surface area contributed by atoms with E-state index in [9.17, 15) is 19.9 Å². The fraction of sp³-hybridized carbons (Fsp3) is 0.467. The lowest BCUT2D eigenvalue weighted by Gasteiger charge is -2.23. The van der Waals surface area contributed by atoms with Crippen molar-refractivity contribution in [3.63, 3.8) is 0 Å². The lowest BCUT2D eigenvalue weighted by Crippen LogP contribution is -2.44. The quantitative estimate of drug-likeness (QED) is 0.582. The molecule has 0 aromatic heterocycles. The number of aliphatic carboxylic acids is 1. The summed E-state index contributed by atoms with van der Waals surface area (Å²) in [7, 11) is 0. The Balaban J connectivity index is 2.82. The molecule has 1 amide bonds. The summed E-state index contributed by atoms with van der Waals surface area (Å²) in [6.07, 6.45) is 0.616. The Morgan fingerprint density at radius 3 is 2.36 bits per heavy atom. The zero-order chi connectivity index (χ0) is 16.9. The second kappa shape index (κ2) is 8.36. The lowest BCUT2D eigenvalue weighted by molar-refractivity contribution is -0.186. The van der Waals surface area contributed by atoms with Crippen molar-refractivity contribution in [1.29, 1.82) is 0 Å². The highest BCUT2D eigenvalue weighted by Gasteiger charge is 2.29.